The molecule has 9 aromatic rings. The van der Waals surface area contributed by atoms with Crippen molar-refractivity contribution in [3.05, 3.63) is 192 Å². The molecule has 2 aromatic heterocycles. The summed E-state index contributed by atoms with van der Waals surface area (Å²) in [4.78, 5) is 0. The molecule has 54 heavy (non-hydrogen) atoms. The SMILES string of the molecule is CC12Cc3c(c4cc(-c5ccc(-c6ccc7c(c6)c6ccccc6n7-c6ccccc6)cc5)ccc4n3-c3ccccc3)C=C1c1ccccc1C2(C)C. The van der Waals surface area contributed by atoms with Crippen molar-refractivity contribution >= 4 is 44.4 Å². The molecule has 0 radical (unpaired) electrons. The molecule has 2 aliphatic carbocycles. The fourth-order valence-corrected chi connectivity index (χ4v) is 9.84. The number of aromatic nitrogens is 2. The molecule has 0 amide bonds. The van der Waals surface area contributed by atoms with Gasteiger partial charge in [0.25, 0.3) is 0 Å². The summed E-state index contributed by atoms with van der Waals surface area (Å²) in [5.41, 5.74) is 18.1. The zero-order valence-corrected chi connectivity index (χ0v) is 30.8. The lowest BCUT2D eigenvalue weighted by Crippen LogP contribution is -2.38. The molecule has 0 bridgehead atoms. The Balaban J connectivity index is 1.02. The minimum absolute atomic E-state index is 0.0112. The summed E-state index contributed by atoms with van der Waals surface area (Å²) in [6.07, 6.45) is 3.52. The van der Waals surface area contributed by atoms with Crippen LogP contribution in [0.2, 0.25) is 0 Å². The molecule has 2 heterocycles. The van der Waals surface area contributed by atoms with Crippen LogP contribution in [0.3, 0.4) is 0 Å². The van der Waals surface area contributed by atoms with Crippen LogP contribution in [-0.4, -0.2) is 9.13 Å². The third-order valence-corrected chi connectivity index (χ3v) is 13.0. The van der Waals surface area contributed by atoms with E-state index in [0.29, 0.717) is 0 Å². The van der Waals surface area contributed by atoms with E-state index in [2.05, 4.69) is 206 Å². The van der Waals surface area contributed by atoms with Gasteiger partial charge in [-0.15, -0.1) is 0 Å². The zero-order chi connectivity index (χ0) is 36.2. The van der Waals surface area contributed by atoms with Crippen LogP contribution < -0.4 is 0 Å². The molecule has 0 aliphatic heterocycles. The summed E-state index contributed by atoms with van der Waals surface area (Å²) < 4.78 is 4.90. The van der Waals surface area contributed by atoms with E-state index in [0.717, 1.165) is 6.42 Å². The van der Waals surface area contributed by atoms with Gasteiger partial charge >= 0.3 is 0 Å². The van der Waals surface area contributed by atoms with Crippen LogP contribution in [0.25, 0.3) is 78.0 Å². The molecule has 1 unspecified atom stereocenters. The Morgan fingerprint density at radius 1 is 0.444 bits per heavy atom. The number of rotatable bonds is 4. The van der Waals surface area contributed by atoms with Crippen molar-refractivity contribution in [2.45, 2.75) is 32.6 Å². The molecule has 1 atom stereocenters. The molecule has 2 heteroatoms. The predicted octanol–water partition coefficient (Wildman–Crippen LogP) is 13.5. The van der Waals surface area contributed by atoms with Gasteiger partial charge < -0.3 is 9.13 Å². The van der Waals surface area contributed by atoms with Crippen molar-refractivity contribution in [2.24, 2.45) is 5.41 Å². The number of fused-ring (bicyclic) bond motifs is 9. The van der Waals surface area contributed by atoms with Crippen LogP contribution in [0.5, 0.6) is 0 Å². The second kappa shape index (κ2) is 11.3. The van der Waals surface area contributed by atoms with Crippen molar-refractivity contribution in [1.82, 2.24) is 9.13 Å². The Hall–Kier alpha value is -6.38. The minimum atomic E-state index is -0.0112. The maximum atomic E-state index is 2.53. The molecule has 0 saturated heterocycles. The maximum absolute atomic E-state index is 2.53. The van der Waals surface area contributed by atoms with E-state index >= 15 is 0 Å². The van der Waals surface area contributed by atoms with Gasteiger partial charge in [0.2, 0.25) is 0 Å². The van der Waals surface area contributed by atoms with Crippen LogP contribution in [0, 0.1) is 5.41 Å². The van der Waals surface area contributed by atoms with Gasteiger partial charge in [-0.1, -0.05) is 136 Å². The van der Waals surface area contributed by atoms with Crippen molar-refractivity contribution in [1.29, 1.82) is 0 Å². The highest BCUT2D eigenvalue weighted by molar-refractivity contribution is 6.10. The second-order valence-corrected chi connectivity index (χ2v) is 16.0. The average Bonchev–Trinajstić information content (AvgIpc) is 3.78. The van der Waals surface area contributed by atoms with Gasteiger partial charge in [-0.3, -0.25) is 0 Å². The third kappa shape index (κ3) is 4.28. The van der Waals surface area contributed by atoms with Crippen molar-refractivity contribution < 1.29 is 0 Å². The number of allylic oxidation sites excluding steroid dienone is 1. The Morgan fingerprint density at radius 2 is 0.963 bits per heavy atom. The van der Waals surface area contributed by atoms with Crippen molar-refractivity contribution in [2.75, 3.05) is 0 Å². The van der Waals surface area contributed by atoms with Crippen LogP contribution in [0.1, 0.15) is 43.2 Å². The highest BCUT2D eigenvalue weighted by Crippen LogP contribution is 2.62. The molecule has 0 fully saturated rings. The molecule has 0 spiro atoms. The number of hydrogen-bond donors (Lipinski definition) is 0. The van der Waals surface area contributed by atoms with E-state index in [9.17, 15) is 0 Å². The standard InChI is InChI=1S/C52H40N2/c1-51(2)45-20-12-10-19-41(45)46-32-44-43-31-37(27-29-49(43)54(39-16-8-5-9-17-39)50(44)33-52(46,51)3)35-24-22-34(23-25-35)36-26-28-48-42(30-36)40-18-11-13-21-47(40)53(48)38-14-6-4-7-15-38/h4-32H,33H2,1-3H3. The number of hydrogen-bond acceptors (Lipinski definition) is 0. The molecule has 11 rings (SSSR count). The Bertz CT molecular complexity index is 2970. The molecular weight excluding hydrogens is 653 g/mol. The average molecular weight is 693 g/mol. The Kier molecular flexibility index (Phi) is 6.53. The first-order chi connectivity index (χ1) is 26.4. The Labute approximate surface area is 316 Å². The van der Waals surface area contributed by atoms with E-state index in [4.69, 9.17) is 0 Å². The van der Waals surface area contributed by atoms with Gasteiger partial charge in [-0.05, 0) is 106 Å². The lowest BCUT2D eigenvalue weighted by molar-refractivity contribution is 0.264. The first kappa shape index (κ1) is 31.2. The largest absolute Gasteiger partial charge is 0.313 e. The van der Waals surface area contributed by atoms with E-state index in [1.807, 2.05) is 0 Å². The normalized spacial score (nSPS) is 17.1. The van der Waals surface area contributed by atoms with Crippen LogP contribution in [-0.2, 0) is 11.8 Å². The van der Waals surface area contributed by atoms with Crippen molar-refractivity contribution in [3.8, 4) is 33.6 Å². The third-order valence-electron chi connectivity index (χ3n) is 13.0. The zero-order valence-electron chi connectivity index (χ0n) is 30.8. The summed E-state index contributed by atoms with van der Waals surface area (Å²) in [7, 11) is 0. The number of benzene rings is 7. The van der Waals surface area contributed by atoms with Crippen molar-refractivity contribution in [3.63, 3.8) is 0 Å². The van der Waals surface area contributed by atoms with Gasteiger partial charge in [-0.2, -0.15) is 0 Å². The minimum Gasteiger partial charge on any atom is -0.313 e. The molecule has 0 N–H and O–H groups in total. The van der Waals surface area contributed by atoms with Gasteiger partial charge in [0, 0.05) is 49.6 Å². The smallest absolute Gasteiger partial charge is 0.0541 e. The summed E-state index contributed by atoms with van der Waals surface area (Å²) >= 11 is 0. The van der Waals surface area contributed by atoms with E-state index in [1.54, 1.807) is 0 Å². The second-order valence-electron chi connectivity index (χ2n) is 16.0. The lowest BCUT2D eigenvalue weighted by Gasteiger charge is -2.42. The fourth-order valence-electron chi connectivity index (χ4n) is 9.84. The van der Waals surface area contributed by atoms with E-state index in [-0.39, 0.29) is 10.8 Å². The van der Waals surface area contributed by atoms with Gasteiger partial charge in [0.15, 0.2) is 0 Å². The summed E-state index contributed by atoms with van der Waals surface area (Å²) in [6.45, 7) is 7.37. The van der Waals surface area contributed by atoms with E-state index in [1.165, 1.54) is 94.3 Å². The molecule has 258 valence electrons. The molecule has 2 nitrogen and oxygen atoms in total. The molecule has 7 aromatic carbocycles. The highest BCUT2D eigenvalue weighted by atomic mass is 15.0. The van der Waals surface area contributed by atoms with Crippen LogP contribution in [0.15, 0.2) is 170 Å². The number of para-hydroxylation sites is 3. The first-order valence-electron chi connectivity index (χ1n) is 19.1. The van der Waals surface area contributed by atoms with E-state index < -0.39 is 0 Å². The summed E-state index contributed by atoms with van der Waals surface area (Å²) in [6, 6.07) is 62.6. The monoisotopic (exact) mass is 692 g/mol. The molecule has 2 aliphatic rings. The number of nitrogens with zero attached hydrogens (tertiary/aromatic N) is 2. The van der Waals surface area contributed by atoms with Crippen LogP contribution >= 0.6 is 0 Å². The lowest BCUT2D eigenvalue weighted by atomic mass is 9.61. The Morgan fingerprint density at radius 3 is 1.65 bits per heavy atom. The maximum Gasteiger partial charge on any atom is 0.0541 e. The fraction of sp³-hybridized carbons (Fsp3) is 0.115. The summed E-state index contributed by atoms with van der Waals surface area (Å²) in [5, 5.41) is 3.86. The van der Waals surface area contributed by atoms with Crippen LogP contribution in [0.4, 0.5) is 0 Å². The van der Waals surface area contributed by atoms with Gasteiger partial charge in [0.1, 0.15) is 0 Å². The quantitative estimate of drug-likeness (QED) is 0.174. The van der Waals surface area contributed by atoms with Gasteiger partial charge in [-0.25, -0.2) is 0 Å². The van der Waals surface area contributed by atoms with Gasteiger partial charge in [0.05, 0.1) is 16.6 Å². The predicted molar refractivity (Wildman–Crippen MR) is 228 cm³/mol. The molecule has 0 saturated carbocycles. The first-order valence-corrected chi connectivity index (χ1v) is 19.1. The topological polar surface area (TPSA) is 9.86 Å². The summed E-state index contributed by atoms with van der Waals surface area (Å²) in [5.74, 6) is 0. The highest BCUT2D eigenvalue weighted by Gasteiger charge is 2.54. The molecular formula is C52H40N2.